The van der Waals surface area contributed by atoms with E-state index in [9.17, 15) is 9.59 Å². The minimum absolute atomic E-state index is 0.0439. The van der Waals surface area contributed by atoms with E-state index in [0.717, 1.165) is 54.2 Å². The molecule has 10 nitrogen and oxygen atoms in total. The van der Waals surface area contributed by atoms with Crippen molar-refractivity contribution in [2.75, 3.05) is 31.5 Å². The summed E-state index contributed by atoms with van der Waals surface area (Å²) in [5.74, 6) is 0.805. The van der Waals surface area contributed by atoms with E-state index in [1.807, 2.05) is 24.3 Å². The summed E-state index contributed by atoms with van der Waals surface area (Å²) in [5.41, 5.74) is 1.88. The normalized spacial score (nSPS) is 16.5. The Morgan fingerprint density at radius 3 is 2.82 bits per heavy atom. The van der Waals surface area contributed by atoms with Gasteiger partial charge in [-0.1, -0.05) is 6.58 Å². The molecule has 1 saturated heterocycles. The zero-order valence-electron chi connectivity index (χ0n) is 21.3. The highest BCUT2D eigenvalue weighted by atomic mass is 32.1. The molecule has 198 valence electrons. The summed E-state index contributed by atoms with van der Waals surface area (Å²) < 4.78 is 1.78. The molecule has 1 aliphatic carbocycles. The van der Waals surface area contributed by atoms with E-state index in [0.29, 0.717) is 33.8 Å². The van der Waals surface area contributed by atoms with Gasteiger partial charge in [-0.25, -0.2) is 9.78 Å². The molecule has 0 unspecified atom stereocenters. The summed E-state index contributed by atoms with van der Waals surface area (Å²) in [6.07, 6.45) is 10.5. The van der Waals surface area contributed by atoms with E-state index >= 15 is 0 Å². The van der Waals surface area contributed by atoms with E-state index in [1.54, 1.807) is 10.7 Å². The number of hydrogen-bond acceptors (Lipinski definition) is 7. The number of nitrogens with zero attached hydrogens (tertiary/aromatic N) is 4. The van der Waals surface area contributed by atoms with Crippen molar-refractivity contribution >= 4 is 41.4 Å². The number of amides is 1. The first-order valence-corrected chi connectivity index (χ1v) is 14.1. The van der Waals surface area contributed by atoms with Gasteiger partial charge in [-0.15, -0.1) is 11.3 Å². The number of rotatable bonds is 10. The lowest BCUT2D eigenvalue weighted by atomic mass is 10.2. The van der Waals surface area contributed by atoms with Crippen LogP contribution in [0.3, 0.4) is 0 Å². The number of hydrogen-bond donors (Lipinski definition) is 4. The molecule has 0 bridgehead atoms. The van der Waals surface area contributed by atoms with Gasteiger partial charge < -0.3 is 25.5 Å². The second kappa shape index (κ2) is 10.6. The number of fused-ring (bicyclic) bond motifs is 1. The van der Waals surface area contributed by atoms with Gasteiger partial charge in [0.05, 0.1) is 32.3 Å². The quantitative estimate of drug-likeness (QED) is 0.231. The molecule has 0 aromatic carbocycles. The summed E-state index contributed by atoms with van der Waals surface area (Å²) in [6, 6.07) is 6.22. The van der Waals surface area contributed by atoms with E-state index in [2.05, 4.69) is 37.2 Å². The Bertz CT molecular complexity index is 1620. The van der Waals surface area contributed by atoms with Crippen molar-refractivity contribution in [1.82, 2.24) is 34.8 Å². The van der Waals surface area contributed by atoms with Crippen molar-refractivity contribution < 1.29 is 4.79 Å². The maximum atomic E-state index is 12.8. The van der Waals surface area contributed by atoms with Gasteiger partial charge in [0.1, 0.15) is 5.82 Å². The molecule has 4 aromatic rings. The first kappa shape index (κ1) is 24.6. The van der Waals surface area contributed by atoms with Crippen LogP contribution in [0.5, 0.6) is 0 Å². The zero-order chi connectivity index (χ0) is 26.1. The van der Waals surface area contributed by atoms with Crippen LogP contribution >= 0.6 is 11.3 Å². The SMILES string of the molecule is C=c1[nH]c(=O)[nH]/c1=C\c1cnn2c(NC3CC3)cc(-c3ccc(C(=O)NCCCCN4CCCC4)s3)nc12. The fourth-order valence-corrected chi connectivity index (χ4v) is 5.70. The maximum absolute atomic E-state index is 12.8. The Morgan fingerprint density at radius 2 is 2.05 bits per heavy atom. The molecule has 4 aromatic heterocycles. The number of thiophene rings is 1. The number of likely N-dealkylation sites (tertiary alicyclic amines) is 1. The lowest BCUT2D eigenvalue weighted by Gasteiger charge is -2.13. The van der Waals surface area contributed by atoms with Crippen molar-refractivity contribution in [3.63, 3.8) is 0 Å². The van der Waals surface area contributed by atoms with Crippen molar-refractivity contribution in [3.8, 4) is 10.6 Å². The smallest absolute Gasteiger partial charge is 0.323 e. The Balaban J connectivity index is 1.21. The van der Waals surface area contributed by atoms with Crippen LogP contribution < -0.4 is 27.0 Å². The number of unbranched alkanes of at least 4 members (excludes halogenated alkanes) is 1. The fraction of sp³-hybridized carbons (Fsp3) is 0.407. The average Bonchev–Trinajstić information content (AvgIpc) is 3.32. The zero-order valence-corrected chi connectivity index (χ0v) is 22.1. The summed E-state index contributed by atoms with van der Waals surface area (Å²) >= 11 is 1.44. The summed E-state index contributed by atoms with van der Waals surface area (Å²) in [4.78, 5) is 38.9. The van der Waals surface area contributed by atoms with Crippen molar-refractivity contribution in [2.45, 2.75) is 44.6 Å². The van der Waals surface area contributed by atoms with Gasteiger partial charge in [0.15, 0.2) is 5.65 Å². The molecule has 38 heavy (non-hydrogen) atoms. The van der Waals surface area contributed by atoms with Gasteiger partial charge in [0.25, 0.3) is 5.91 Å². The molecule has 1 amide bonds. The molecule has 1 saturated carbocycles. The summed E-state index contributed by atoms with van der Waals surface area (Å²) in [5, 5.41) is 12.3. The molecule has 4 N–H and O–H groups in total. The first-order valence-electron chi connectivity index (χ1n) is 13.3. The van der Waals surface area contributed by atoms with Crippen LogP contribution in [0.2, 0.25) is 0 Å². The maximum Gasteiger partial charge on any atom is 0.323 e. The number of aromatic nitrogens is 5. The monoisotopic (exact) mass is 532 g/mol. The van der Waals surface area contributed by atoms with Gasteiger partial charge in [-0.3, -0.25) is 4.79 Å². The van der Waals surface area contributed by atoms with Crippen LogP contribution in [-0.4, -0.2) is 67.6 Å². The lowest BCUT2D eigenvalue weighted by molar-refractivity contribution is 0.0956. The molecular weight excluding hydrogens is 500 g/mol. The van der Waals surface area contributed by atoms with Crippen LogP contribution in [0.25, 0.3) is 28.9 Å². The van der Waals surface area contributed by atoms with E-state index < -0.39 is 0 Å². The molecule has 0 atom stereocenters. The highest BCUT2D eigenvalue weighted by Gasteiger charge is 2.23. The van der Waals surface area contributed by atoms with Gasteiger partial charge in [0.2, 0.25) is 0 Å². The highest BCUT2D eigenvalue weighted by molar-refractivity contribution is 7.17. The standard InChI is InChI=1S/C27H32N8O2S/c1-17-20(33-27(37)30-17)14-18-16-29-35-24(31-19-6-7-19)15-21(32-25(18)35)22-8-9-23(38-22)26(36)28-10-2-3-11-34-12-4-5-13-34/h8-9,14-16,19,31H,1-7,10-13H2,(H,28,36)(H2,30,33,37)/b20-14-. The third-order valence-corrected chi connectivity index (χ3v) is 8.14. The van der Waals surface area contributed by atoms with Crippen LogP contribution in [0.15, 0.2) is 29.2 Å². The largest absolute Gasteiger partial charge is 0.367 e. The van der Waals surface area contributed by atoms with Crippen LogP contribution in [0.4, 0.5) is 5.82 Å². The number of carbonyl (C=O) groups excluding carboxylic acids is 1. The van der Waals surface area contributed by atoms with Crippen LogP contribution in [-0.2, 0) is 0 Å². The van der Waals surface area contributed by atoms with Crippen LogP contribution in [0.1, 0.15) is 53.8 Å². The van der Waals surface area contributed by atoms with Crippen molar-refractivity contribution in [2.24, 2.45) is 0 Å². The predicted molar refractivity (Wildman–Crippen MR) is 150 cm³/mol. The molecule has 2 fully saturated rings. The van der Waals surface area contributed by atoms with E-state index in [4.69, 9.17) is 4.98 Å². The molecule has 0 spiro atoms. The van der Waals surface area contributed by atoms with Crippen LogP contribution in [0, 0.1) is 0 Å². The van der Waals surface area contributed by atoms with Crippen molar-refractivity contribution in [1.29, 1.82) is 0 Å². The highest BCUT2D eigenvalue weighted by Crippen LogP contribution is 2.32. The molecule has 0 radical (unpaired) electrons. The molecule has 6 rings (SSSR count). The summed E-state index contributed by atoms with van der Waals surface area (Å²) in [6.45, 7) is 8.11. The van der Waals surface area contributed by atoms with Gasteiger partial charge in [-0.05, 0) is 76.4 Å². The topological polar surface area (TPSA) is 123 Å². The molecular formula is C27H32N8O2S. The fourth-order valence-electron chi connectivity index (χ4n) is 4.81. The second-order valence-corrected chi connectivity index (χ2v) is 11.2. The number of carbonyl (C=O) groups is 1. The van der Waals surface area contributed by atoms with Gasteiger partial charge in [-0.2, -0.15) is 9.61 Å². The Kier molecular flexibility index (Phi) is 6.86. The number of nitrogens with one attached hydrogen (secondary N) is 4. The molecule has 2 aliphatic rings. The second-order valence-electron chi connectivity index (χ2n) is 10.1. The first-order chi connectivity index (χ1) is 18.5. The third kappa shape index (κ3) is 5.44. The number of aromatic amines is 2. The lowest BCUT2D eigenvalue weighted by Crippen LogP contribution is -2.25. The molecule has 11 heteroatoms. The van der Waals surface area contributed by atoms with E-state index in [1.165, 1.54) is 37.3 Å². The molecule has 5 heterocycles. The third-order valence-electron chi connectivity index (χ3n) is 7.03. The minimum Gasteiger partial charge on any atom is -0.367 e. The average molecular weight is 533 g/mol. The number of anilines is 1. The van der Waals surface area contributed by atoms with Crippen molar-refractivity contribution in [3.05, 3.63) is 56.0 Å². The van der Waals surface area contributed by atoms with Gasteiger partial charge in [0, 0.05) is 24.2 Å². The van der Waals surface area contributed by atoms with E-state index in [-0.39, 0.29) is 11.6 Å². The molecule has 1 aliphatic heterocycles. The number of imidazole rings is 1. The van der Waals surface area contributed by atoms with Gasteiger partial charge >= 0.3 is 5.69 Å². The summed E-state index contributed by atoms with van der Waals surface area (Å²) in [7, 11) is 0. The Hall–Kier alpha value is -3.70. The predicted octanol–water partition coefficient (Wildman–Crippen LogP) is 1.89. The Labute approximate surface area is 223 Å². The number of H-pyrrole nitrogens is 2. The minimum atomic E-state index is -0.307. The Morgan fingerprint density at radius 1 is 1.21 bits per heavy atom.